The van der Waals surface area contributed by atoms with E-state index < -0.39 is 36.6 Å². The van der Waals surface area contributed by atoms with Crippen molar-refractivity contribution < 1.29 is 23.9 Å². The van der Waals surface area contributed by atoms with Crippen LogP contribution in [0.25, 0.3) is 0 Å². The second kappa shape index (κ2) is 9.28. The molecule has 2 atom stereocenters. The van der Waals surface area contributed by atoms with Gasteiger partial charge in [-0.05, 0) is 43.2 Å². The minimum absolute atomic E-state index is 0.0164. The molecule has 2 aliphatic rings. The van der Waals surface area contributed by atoms with Crippen LogP contribution < -0.4 is 10.6 Å². The summed E-state index contributed by atoms with van der Waals surface area (Å²) in [6.45, 7) is 3.44. The first-order valence-corrected chi connectivity index (χ1v) is 10.4. The van der Waals surface area contributed by atoms with Gasteiger partial charge in [-0.25, -0.2) is 4.79 Å². The zero-order valence-corrected chi connectivity index (χ0v) is 17.5. The van der Waals surface area contributed by atoms with E-state index in [1.54, 1.807) is 0 Å². The van der Waals surface area contributed by atoms with E-state index in [9.17, 15) is 19.2 Å². The number of carbonyl (C=O) groups is 4. The molecule has 1 spiro atoms. The van der Waals surface area contributed by atoms with Crippen LogP contribution in [0.5, 0.6) is 0 Å². The molecule has 1 saturated carbocycles. The number of hydrogen-bond acceptors (Lipinski definition) is 5. The Morgan fingerprint density at radius 1 is 1.27 bits per heavy atom. The standard InChI is InChI=1S/C22H29N3O5/c1-15-7-3-4-9-17(15)10-12-23-18(26)14-30-19(27)13-25-20(28)22(24-21(25)29)11-6-5-8-16(22)2/h3-4,7,9,16H,5-6,8,10-14H2,1-2H3,(H,23,26)(H,24,29)/t16-,22-/m1/s1. The second-order valence-corrected chi connectivity index (χ2v) is 8.13. The number of imide groups is 1. The summed E-state index contributed by atoms with van der Waals surface area (Å²) in [5, 5.41) is 5.49. The van der Waals surface area contributed by atoms with Gasteiger partial charge in [0.05, 0.1) is 0 Å². The first-order valence-electron chi connectivity index (χ1n) is 10.4. The van der Waals surface area contributed by atoms with Gasteiger partial charge in [0.25, 0.3) is 11.8 Å². The normalized spacial score (nSPS) is 23.4. The topological polar surface area (TPSA) is 105 Å². The Bertz CT molecular complexity index is 840. The molecular formula is C22H29N3O5. The van der Waals surface area contributed by atoms with Gasteiger partial charge in [0, 0.05) is 6.54 Å². The zero-order chi connectivity index (χ0) is 21.7. The number of carbonyl (C=O) groups excluding carboxylic acids is 4. The van der Waals surface area contributed by atoms with E-state index in [-0.39, 0.29) is 11.8 Å². The fraction of sp³-hybridized carbons (Fsp3) is 0.545. The molecule has 1 aliphatic heterocycles. The number of nitrogens with one attached hydrogen (secondary N) is 2. The summed E-state index contributed by atoms with van der Waals surface area (Å²) >= 11 is 0. The van der Waals surface area contributed by atoms with Crippen molar-refractivity contribution in [2.75, 3.05) is 19.7 Å². The highest BCUT2D eigenvalue weighted by atomic mass is 16.5. The highest BCUT2D eigenvalue weighted by molar-refractivity contribution is 6.09. The van der Waals surface area contributed by atoms with Crippen molar-refractivity contribution in [1.82, 2.24) is 15.5 Å². The van der Waals surface area contributed by atoms with Gasteiger partial charge in [0.2, 0.25) is 0 Å². The largest absolute Gasteiger partial charge is 0.454 e. The van der Waals surface area contributed by atoms with Gasteiger partial charge in [-0.15, -0.1) is 0 Å². The molecule has 1 aliphatic carbocycles. The Labute approximate surface area is 176 Å². The lowest BCUT2D eigenvalue weighted by Crippen LogP contribution is -2.54. The Kier molecular flexibility index (Phi) is 6.74. The SMILES string of the molecule is Cc1ccccc1CCNC(=O)COC(=O)CN1C(=O)N[C@@]2(CCCC[C@H]2C)C1=O. The summed E-state index contributed by atoms with van der Waals surface area (Å²) in [4.78, 5) is 50.1. The summed E-state index contributed by atoms with van der Waals surface area (Å²) in [6, 6.07) is 7.33. The van der Waals surface area contributed by atoms with Crippen molar-refractivity contribution in [3.05, 3.63) is 35.4 Å². The van der Waals surface area contributed by atoms with Crippen molar-refractivity contribution in [3.63, 3.8) is 0 Å². The fourth-order valence-corrected chi connectivity index (χ4v) is 4.24. The van der Waals surface area contributed by atoms with Crippen LogP contribution in [0, 0.1) is 12.8 Å². The summed E-state index contributed by atoms with van der Waals surface area (Å²) < 4.78 is 4.97. The number of benzene rings is 1. The molecule has 4 amide bonds. The van der Waals surface area contributed by atoms with Crippen LogP contribution in [0.2, 0.25) is 0 Å². The van der Waals surface area contributed by atoms with E-state index in [2.05, 4.69) is 10.6 Å². The third-order valence-electron chi connectivity index (χ3n) is 6.13. The average Bonchev–Trinajstić information content (AvgIpc) is 2.95. The maximum absolute atomic E-state index is 12.8. The first-order chi connectivity index (χ1) is 14.3. The predicted octanol–water partition coefficient (Wildman–Crippen LogP) is 1.70. The second-order valence-electron chi connectivity index (χ2n) is 8.13. The highest BCUT2D eigenvalue weighted by Gasteiger charge is 2.55. The lowest BCUT2D eigenvalue weighted by atomic mass is 9.73. The Hall–Kier alpha value is -2.90. The van der Waals surface area contributed by atoms with Crippen molar-refractivity contribution in [3.8, 4) is 0 Å². The van der Waals surface area contributed by atoms with Crippen LogP contribution in [0.15, 0.2) is 24.3 Å². The lowest BCUT2D eigenvalue weighted by molar-refractivity contribution is -0.151. The number of amides is 4. The summed E-state index contributed by atoms with van der Waals surface area (Å²) in [7, 11) is 0. The van der Waals surface area contributed by atoms with Crippen LogP contribution in [0.4, 0.5) is 4.79 Å². The van der Waals surface area contributed by atoms with Crippen molar-refractivity contribution in [1.29, 1.82) is 0 Å². The van der Waals surface area contributed by atoms with E-state index in [1.807, 2.05) is 38.1 Å². The lowest BCUT2D eigenvalue weighted by Gasteiger charge is -2.36. The fourth-order valence-electron chi connectivity index (χ4n) is 4.24. The van der Waals surface area contributed by atoms with Gasteiger partial charge < -0.3 is 15.4 Å². The van der Waals surface area contributed by atoms with Crippen molar-refractivity contribution in [2.45, 2.75) is 51.5 Å². The summed E-state index contributed by atoms with van der Waals surface area (Å²) in [5.41, 5.74) is 1.37. The van der Waals surface area contributed by atoms with E-state index >= 15 is 0 Å². The monoisotopic (exact) mass is 415 g/mol. The smallest absolute Gasteiger partial charge is 0.326 e. The number of hydrogen-bond donors (Lipinski definition) is 2. The molecule has 1 aromatic rings. The molecule has 1 aromatic carbocycles. The van der Waals surface area contributed by atoms with Gasteiger partial charge in [0.15, 0.2) is 6.61 Å². The van der Waals surface area contributed by atoms with Crippen LogP contribution in [-0.2, 0) is 25.5 Å². The third kappa shape index (κ3) is 4.63. The third-order valence-corrected chi connectivity index (χ3v) is 6.13. The molecule has 30 heavy (non-hydrogen) atoms. The van der Waals surface area contributed by atoms with Crippen LogP contribution >= 0.6 is 0 Å². The Morgan fingerprint density at radius 2 is 2.03 bits per heavy atom. The molecule has 1 saturated heterocycles. The molecule has 2 N–H and O–H groups in total. The van der Waals surface area contributed by atoms with E-state index in [0.29, 0.717) is 19.4 Å². The highest BCUT2D eigenvalue weighted by Crippen LogP contribution is 2.38. The molecule has 0 radical (unpaired) electrons. The molecule has 8 nitrogen and oxygen atoms in total. The van der Waals surface area contributed by atoms with Gasteiger partial charge in [0.1, 0.15) is 12.1 Å². The molecule has 8 heteroatoms. The summed E-state index contributed by atoms with van der Waals surface area (Å²) in [6.07, 6.45) is 3.99. The molecule has 0 bridgehead atoms. The number of rotatable bonds is 7. The van der Waals surface area contributed by atoms with Gasteiger partial charge >= 0.3 is 12.0 Å². The molecular weight excluding hydrogens is 386 g/mol. The van der Waals surface area contributed by atoms with Crippen molar-refractivity contribution >= 4 is 23.8 Å². The zero-order valence-electron chi connectivity index (χ0n) is 17.5. The van der Waals surface area contributed by atoms with Gasteiger partial charge in [-0.3, -0.25) is 19.3 Å². The first kappa shape index (κ1) is 21.8. The maximum Gasteiger partial charge on any atom is 0.326 e. The maximum atomic E-state index is 12.8. The molecule has 1 heterocycles. The van der Waals surface area contributed by atoms with E-state index in [0.717, 1.165) is 35.3 Å². The minimum Gasteiger partial charge on any atom is -0.454 e. The predicted molar refractivity (Wildman–Crippen MR) is 109 cm³/mol. The molecule has 162 valence electrons. The Balaban J connectivity index is 1.43. The van der Waals surface area contributed by atoms with E-state index in [4.69, 9.17) is 4.74 Å². The van der Waals surface area contributed by atoms with E-state index in [1.165, 1.54) is 0 Å². The number of ether oxygens (including phenoxy) is 1. The number of nitrogens with zero attached hydrogens (tertiary/aromatic N) is 1. The van der Waals surface area contributed by atoms with Gasteiger partial charge in [-0.2, -0.15) is 0 Å². The average molecular weight is 415 g/mol. The van der Waals surface area contributed by atoms with Crippen molar-refractivity contribution in [2.24, 2.45) is 5.92 Å². The molecule has 2 fully saturated rings. The quantitative estimate of drug-likeness (QED) is 0.521. The van der Waals surface area contributed by atoms with Crippen LogP contribution in [-0.4, -0.2) is 54.0 Å². The van der Waals surface area contributed by atoms with Crippen LogP contribution in [0.3, 0.4) is 0 Å². The molecule has 3 rings (SSSR count). The Morgan fingerprint density at radius 3 is 2.77 bits per heavy atom. The van der Waals surface area contributed by atoms with Gasteiger partial charge in [-0.1, -0.05) is 44.0 Å². The minimum atomic E-state index is -0.914. The molecule has 0 aromatic heterocycles. The number of urea groups is 1. The number of aryl methyl sites for hydroxylation is 1. The van der Waals surface area contributed by atoms with Crippen LogP contribution in [0.1, 0.15) is 43.7 Å². The summed E-state index contributed by atoms with van der Waals surface area (Å²) in [5.74, 6) is -1.57. The number of esters is 1. The molecule has 0 unspecified atom stereocenters.